The average molecular weight is 457 g/mol. The summed E-state index contributed by atoms with van der Waals surface area (Å²) in [4.78, 5) is 0. The van der Waals surface area contributed by atoms with Gasteiger partial charge in [-0.1, -0.05) is 63.4 Å². The van der Waals surface area contributed by atoms with Crippen molar-refractivity contribution in [1.82, 2.24) is 0 Å². The van der Waals surface area contributed by atoms with Crippen molar-refractivity contribution in [3.63, 3.8) is 0 Å². The highest BCUT2D eigenvalue weighted by Crippen LogP contribution is 2.39. The van der Waals surface area contributed by atoms with Crippen LogP contribution in [0, 0.1) is 5.82 Å². The van der Waals surface area contributed by atoms with Gasteiger partial charge in [0.25, 0.3) is 0 Å². The van der Waals surface area contributed by atoms with E-state index in [0.717, 1.165) is 23.8 Å². The number of allylic oxidation sites excluding steroid dienone is 1. The molecular formula is C17H12BrCl2F4N. The van der Waals surface area contributed by atoms with Gasteiger partial charge in [-0.2, -0.15) is 13.2 Å². The summed E-state index contributed by atoms with van der Waals surface area (Å²) in [6.45, 7) is 0.308. The third-order valence-corrected chi connectivity index (χ3v) is 4.78. The number of hydrogen-bond donors (Lipinski definition) is 1. The zero-order valence-electron chi connectivity index (χ0n) is 12.5. The van der Waals surface area contributed by atoms with Gasteiger partial charge in [-0.3, -0.25) is 0 Å². The fourth-order valence-corrected chi connectivity index (χ4v) is 3.27. The van der Waals surface area contributed by atoms with Gasteiger partial charge in [0.2, 0.25) is 0 Å². The summed E-state index contributed by atoms with van der Waals surface area (Å²) in [5.74, 6) is -2.92. The molecule has 0 aliphatic heterocycles. The fourth-order valence-electron chi connectivity index (χ4n) is 2.20. The minimum Gasteiger partial charge on any atom is -0.326 e. The van der Waals surface area contributed by atoms with Crippen LogP contribution in [0.2, 0.25) is 10.0 Å². The summed E-state index contributed by atoms with van der Waals surface area (Å²) >= 11 is 14.5. The van der Waals surface area contributed by atoms with Gasteiger partial charge in [-0.15, -0.1) is 0 Å². The molecule has 2 rings (SSSR count). The van der Waals surface area contributed by atoms with Gasteiger partial charge in [0.1, 0.15) is 0 Å². The molecule has 0 heterocycles. The highest BCUT2D eigenvalue weighted by atomic mass is 79.9. The Morgan fingerprint density at radius 1 is 1.12 bits per heavy atom. The highest BCUT2D eigenvalue weighted by molar-refractivity contribution is 9.10. The lowest BCUT2D eigenvalue weighted by molar-refractivity contribution is -0.139. The van der Waals surface area contributed by atoms with Crippen LogP contribution in [0.4, 0.5) is 17.6 Å². The van der Waals surface area contributed by atoms with E-state index in [1.165, 1.54) is 6.08 Å². The molecule has 0 saturated heterocycles. The number of alkyl halides is 3. The predicted octanol–water partition coefficient (Wildman–Crippen LogP) is 6.71. The zero-order valence-corrected chi connectivity index (χ0v) is 15.6. The van der Waals surface area contributed by atoms with E-state index in [1.807, 2.05) is 0 Å². The monoisotopic (exact) mass is 455 g/mol. The molecule has 0 aliphatic rings. The van der Waals surface area contributed by atoms with Gasteiger partial charge < -0.3 is 5.73 Å². The lowest BCUT2D eigenvalue weighted by atomic mass is 9.97. The topological polar surface area (TPSA) is 26.0 Å². The van der Waals surface area contributed by atoms with Gasteiger partial charge in [0.05, 0.1) is 16.0 Å². The molecule has 0 bridgehead atoms. The summed E-state index contributed by atoms with van der Waals surface area (Å²) in [7, 11) is 0. The molecule has 134 valence electrons. The first-order valence-corrected chi connectivity index (χ1v) is 8.56. The quantitative estimate of drug-likeness (QED) is 0.401. The van der Waals surface area contributed by atoms with Crippen molar-refractivity contribution in [3.05, 3.63) is 73.4 Å². The van der Waals surface area contributed by atoms with E-state index < -0.39 is 28.0 Å². The molecule has 2 aromatic carbocycles. The molecular weight excluding hydrogens is 445 g/mol. The van der Waals surface area contributed by atoms with Crippen molar-refractivity contribution < 1.29 is 17.6 Å². The zero-order chi connectivity index (χ0) is 18.8. The Morgan fingerprint density at radius 3 is 2.20 bits per heavy atom. The van der Waals surface area contributed by atoms with Gasteiger partial charge >= 0.3 is 6.18 Å². The van der Waals surface area contributed by atoms with E-state index in [4.69, 9.17) is 28.9 Å². The van der Waals surface area contributed by atoms with Crippen LogP contribution in [0.5, 0.6) is 0 Å². The molecule has 2 aromatic rings. The van der Waals surface area contributed by atoms with Gasteiger partial charge in [0, 0.05) is 11.0 Å². The molecule has 0 radical (unpaired) electrons. The molecule has 1 unspecified atom stereocenters. The summed E-state index contributed by atoms with van der Waals surface area (Å²) in [6, 6.07) is 6.90. The molecule has 0 amide bonds. The van der Waals surface area contributed by atoms with Crippen molar-refractivity contribution in [2.24, 2.45) is 5.73 Å². The van der Waals surface area contributed by atoms with Crippen molar-refractivity contribution in [3.8, 4) is 0 Å². The Labute approximate surface area is 160 Å². The van der Waals surface area contributed by atoms with Crippen LogP contribution in [0.15, 0.2) is 40.9 Å². The maximum atomic E-state index is 13.5. The van der Waals surface area contributed by atoms with Crippen LogP contribution in [0.1, 0.15) is 22.6 Å². The number of hydrogen-bond acceptors (Lipinski definition) is 1. The Hall–Kier alpha value is -1.08. The predicted molar refractivity (Wildman–Crippen MR) is 96.3 cm³/mol. The second-order valence-electron chi connectivity index (χ2n) is 5.23. The maximum Gasteiger partial charge on any atom is 0.399 e. The molecule has 8 heteroatoms. The van der Waals surface area contributed by atoms with Crippen LogP contribution < -0.4 is 5.73 Å². The van der Waals surface area contributed by atoms with Crippen LogP contribution in [-0.2, 0) is 6.54 Å². The molecule has 1 nitrogen and oxygen atoms in total. The Morgan fingerprint density at radius 2 is 1.72 bits per heavy atom. The van der Waals surface area contributed by atoms with Gasteiger partial charge in [-0.05, 0) is 34.9 Å². The Balaban J connectivity index is 2.41. The lowest BCUT2D eigenvalue weighted by Crippen LogP contribution is -2.19. The first-order chi connectivity index (χ1) is 11.6. The SMILES string of the molecule is NCc1ccc(C=CC(c2cc(Cl)c(F)c(Cl)c2)C(F)(F)F)cc1Br. The van der Waals surface area contributed by atoms with E-state index in [2.05, 4.69) is 15.9 Å². The van der Waals surface area contributed by atoms with Gasteiger partial charge in [-0.25, -0.2) is 4.39 Å². The maximum absolute atomic E-state index is 13.5. The van der Waals surface area contributed by atoms with Crippen molar-refractivity contribution in [2.75, 3.05) is 0 Å². The van der Waals surface area contributed by atoms with Crippen molar-refractivity contribution in [1.29, 1.82) is 0 Å². The van der Waals surface area contributed by atoms with E-state index in [9.17, 15) is 17.6 Å². The first-order valence-electron chi connectivity index (χ1n) is 7.01. The Bertz CT molecular complexity index is 783. The molecule has 1 atom stereocenters. The second-order valence-corrected chi connectivity index (χ2v) is 6.90. The summed E-state index contributed by atoms with van der Waals surface area (Å²) in [6.07, 6.45) is -2.28. The molecule has 0 saturated carbocycles. The highest BCUT2D eigenvalue weighted by Gasteiger charge is 2.39. The van der Waals surface area contributed by atoms with Crippen LogP contribution in [-0.4, -0.2) is 6.18 Å². The summed E-state index contributed by atoms with van der Waals surface area (Å²) < 4.78 is 54.4. The lowest BCUT2D eigenvalue weighted by Gasteiger charge is -2.18. The largest absolute Gasteiger partial charge is 0.399 e. The first kappa shape index (κ1) is 20.2. The number of benzene rings is 2. The molecule has 25 heavy (non-hydrogen) atoms. The molecule has 0 aliphatic carbocycles. The molecule has 0 aromatic heterocycles. The fraction of sp³-hybridized carbons (Fsp3) is 0.176. The van der Waals surface area contributed by atoms with E-state index >= 15 is 0 Å². The normalized spacial score (nSPS) is 13.4. The third-order valence-electron chi connectivity index (χ3n) is 3.50. The molecule has 2 N–H and O–H groups in total. The smallest absolute Gasteiger partial charge is 0.326 e. The number of nitrogens with two attached hydrogens (primary N) is 1. The number of halogens is 7. The standard InChI is InChI=1S/C17H12BrCl2F4N/c18-13-5-9(1-3-10(13)8-25)2-4-12(17(22,23)24)11-6-14(19)16(21)15(20)7-11/h1-7,12H,8,25H2. The van der Waals surface area contributed by atoms with E-state index in [0.29, 0.717) is 16.6 Å². The third kappa shape index (κ3) is 4.97. The minimum atomic E-state index is -4.59. The van der Waals surface area contributed by atoms with E-state index in [1.54, 1.807) is 18.2 Å². The van der Waals surface area contributed by atoms with Crippen LogP contribution in [0.3, 0.4) is 0 Å². The minimum absolute atomic E-state index is 0.238. The molecule has 0 spiro atoms. The summed E-state index contributed by atoms with van der Waals surface area (Å²) in [5.41, 5.74) is 6.69. The van der Waals surface area contributed by atoms with Crippen LogP contribution in [0.25, 0.3) is 6.08 Å². The van der Waals surface area contributed by atoms with E-state index in [-0.39, 0.29) is 5.56 Å². The number of rotatable bonds is 4. The van der Waals surface area contributed by atoms with Crippen LogP contribution >= 0.6 is 39.1 Å². The summed E-state index contributed by atoms with van der Waals surface area (Å²) in [5, 5.41) is -0.916. The molecule has 0 fully saturated rings. The average Bonchev–Trinajstić information content (AvgIpc) is 2.51. The van der Waals surface area contributed by atoms with Crippen molar-refractivity contribution in [2.45, 2.75) is 18.6 Å². The second kappa shape index (κ2) is 8.08. The van der Waals surface area contributed by atoms with Crippen molar-refractivity contribution >= 4 is 45.2 Å². The Kier molecular flexibility index (Phi) is 6.54. The van der Waals surface area contributed by atoms with Gasteiger partial charge in [0.15, 0.2) is 5.82 Å².